The molecule has 6 heteroatoms. The number of rotatable bonds is 7. The molecule has 4 aromatic carbocycles. The predicted octanol–water partition coefficient (Wildman–Crippen LogP) is 5.60. The molecule has 0 aliphatic carbocycles. The number of nitrogens with zero attached hydrogens (tertiary/aromatic N) is 1. The highest BCUT2D eigenvalue weighted by Crippen LogP contribution is 2.27. The number of aliphatic imine (C=N–C) groups is 1. The number of nitrogens with one attached hydrogen (secondary N) is 2. The van der Waals surface area contributed by atoms with Crippen LogP contribution in [0.5, 0.6) is 0 Å². The van der Waals surface area contributed by atoms with Crippen LogP contribution < -0.4 is 22.1 Å². The van der Waals surface area contributed by atoms with E-state index in [1.54, 1.807) is 12.1 Å². The van der Waals surface area contributed by atoms with Crippen molar-refractivity contribution in [3.05, 3.63) is 131 Å². The molecule has 6 nitrogen and oxygen atoms in total. The molecule has 4 aromatic rings. The number of hydrogen-bond donors (Lipinski definition) is 4. The maximum atomic E-state index is 12.4. The molecule has 6 N–H and O–H groups in total. The minimum Gasteiger partial charge on any atom is -0.355 e. The molecule has 1 amide bonds. The Bertz CT molecular complexity index is 1380. The van der Waals surface area contributed by atoms with Gasteiger partial charge in [0.2, 0.25) is 0 Å². The molecule has 5 rings (SSSR count). The lowest BCUT2D eigenvalue weighted by atomic mass is 10.0. The third kappa shape index (κ3) is 7.24. The lowest BCUT2D eigenvalue weighted by Gasteiger charge is -2.11. The van der Waals surface area contributed by atoms with Gasteiger partial charge in [-0.2, -0.15) is 0 Å². The minimum atomic E-state index is -0.126. The van der Waals surface area contributed by atoms with E-state index in [0.29, 0.717) is 25.2 Å². The Labute approximate surface area is 217 Å². The maximum Gasteiger partial charge on any atom is 0.255 e. The minimum absolute atomic E-state index is 0.126. The predicted molar refractivity (Wildman–Crippen MR) is 154 cm³/mol. The van der Waals surface area contributed by atoms with E-state index in [4.69, 9.17) is 16.5 Å². The average Bonchev–Trinajstić information content (AvgIpc) is 3.35. The Morgan fingerprint density at radius 2 is 1.43 bits per heavy atom. The van der Waals surface area contributed by atoms with Crippen LogP contribution in [0.25, 0.3) is 6.08 Å². The molecule has 0 fully saturated rings. The molecule has 0 aromatic heterocycles. The van der Waals surface area contributed by atoms with Crippen molar-refractivity contribution < 1.29 is 4.79 Å². The summed E-state index contributed by atoms with van der Waals surface area (Å²) in [6, 6.07) is 33.5. The number of allylic oxidation sites excluding steroid dienone is 1. The molecule has 0 saturated carbocycles. The van der Waals surface area contributed by atoms with Crippen LogP contribution in [0.3, 0.4) is 0 Å². The van der Waals surface area contributed by atoms with Crippen LogP contribution in [0, 0.1) is 0 Å². The third-order valence-corrected chi connectivity index (χ3v) is 5.65. The molecular weight excluding hydrogens is 458 g/mol. The van der Waals surface area contributed by atoms with E-state index < -0.39 is 0 Å². The monoisotopic (exact) mass is 489 g/mol. The highest BCUT2D eigenvalue weighted by Gasteiger charge is 2.14. The molecule has 0 saturated heterocycles. The van der Waals surface area contributed by atoms with Gasteiger partial charge in [-0.1, -0.05) is 66.7 Å². The van der Waals surface area contributed by atoms with Crippen LogP contribution >= 0.6 is 0 Å². The van der Waals surface area contributed by atoms with Crippen LogP contribution in [0.1, 0.15) is 27.0 Å². The summed E-state index contributed by atoms with van der Waals surface area (Å²) in [6.07, 6.45) is 4.17. The first-order valence-corrected chi connectivity index (χ1v) is 12.2. The molecule has 1 aliphatic rings. The number of benzene rings is 4. The molecule has 0 atom stereocenters. The first-order valence-electron chi connectivity index (χ1n) is 12.2. The highest BCUT2D eigenvalue weighted by atomic mass is 16.1. The van der Waals surface area contributed by atoms with Gasteiger partial charge in [0.15, 0.2) is 0 Å². The van der Waals surface area contributed by atoms with E-state index >= 15 is 0 Å². The zero-order valence-corrected chi connectivity index (χ0v) is 20.6. The van der Waals surface area contributed by atoms with Gasteiger partial charge in [-0.05, 0) is 59.7 Å². The van der Waals surface area contributed by atoms with Crippen molar-refractivity contribution in [2.75, 3.05) is 23.7 Å². The van der Waals surface area contributed by atoms with Gasteiger partial charge >= 0.3 is 0 Å². The number of fused-ring (bicyclic) bond motifs is 1. The average molecular weight is 490 g/mol. The summed E-state index contributed by atoms with van der Waals surface area (Å²) in [5, 5.41) is 6.39. The summed E-state index contributed by atoms with van der Waals surface area (Å²) < 4.78 is 0. The standard InChI is InChI=1S/C29H23N3O.C2H8N2/c33-29(22-10-5-2-6-11-22)32-25-13-7-12-24(19-25)31-26-15-16-27-23(18-26)20-30-28(27)17-14-21-8-3-1-4-9-21;3-1-2-4/h1-19,31H,20H2,(H,32,33);1-4H2/b17-14+;. The van der Waals surface area contributed by atoms with Crippen molar-refractivity contribution in [1.29, 1.82) is 0 Å². The van der Waals surface area contributed by atoms with E-state index in [-0.39, 0.29) is 5.91 Å². The van der Waals surface area contributed by atoms with Gasteiger partial charge in [-0.3, -0.25) is 9.79 Å². The van der Waals surface area contributed by atoms with Crippen molar-refractivity contribution in [1.82, 2.24) is 0 Å². The fourth-order valence-corrected chi connectivity index (χ4v) is 3.82. The van der Waals surface area contributed by atoms with Crippen LogP contribution in [0.4, 0.5) is 17.1 Å². The highest BCUT2D eigenvalue weighted by molar-refractivity contribution is 6.13. The first kappa shape index (κ1) is 25.6. The van der Waals surface area contributed by atoms with Gasteiger partial charge in [0.1, 0.15) is 0 Å². The van der Waals surface area contributed by atoms with Crippen molar-refractivity contribution in [3.63, 3.8) is 0 Å². The van der Waals surface area contributed by atoms with Gasteiger partial charge in [0, 0.05) is 41.3 Å². The lowest BCUT2D eigenvalue weighted by Crippen LogP contribution is -2.11. The molecule has 0 bridgehead atoms. The van der Waals surface area contributed by atoms with Crippen LogP contribution in [-0.2, 0) is 6.54 Å². The van der Waals surface area contributed by atoms with Crippen molar-refractivity contribution >= 4 is 34.8 Å². The summed E-state index contributed by atoms with van der Waals surface area (Å²) in [4.78, 5) is 17.1. The lowest BCUT2D eigenvalue weighted by molar-refractivity contribution is 0.102. The van der Waals surface area contributed by atoms with Crippen LogP contribution in [0.15, 0.2) is 114 Å². The Kier molecular flexibility index (Phi) is 8.97. The van der Waals surface area contributed by atoms with Crippen molar-refractivity contribution in [2.24, 2.45) is 16.5 Å². The fraction of sp³-hybridized carbons (Fsp3) is 0.0968. The first-order chi connectivity index (χ1) is 18.2. The van der Waals surface area contributed by atoms with Crippen LogP contribution in [0.2, 0.25) is 0 Å². The largest absolute Gasteiger partial charge is 0.355 e. The summed E-state index contributed by atoms with van der Waals surface area (Å²) in [6.45, 7) is 1.87. The maximum absolute atomic E-state index is 12.4. The zero-order valence-electron chi connectivity index (χ0n) is 20.6. The Hall–Kier alpha value is -4.52. The summed E-state index contributed by atoms with van der Waals surface area (Å²) >= 11 is 0. The Morgan fingerprint density at radius 1 is 0.757 bits per heavy atom. The quantitative estimate of drug-likeness (QED) is 0.271. The normalized spacial score (nSPS) is 11.8. The van der Waals surface area contributed by atoms with Crippen molar-refractivity contribution in [3.8, 4) is 0 Å². The summed E-state index contributed by atoms with van der Waals surface area (Å²) in [5.74, 6) is -0.126. The SMILES string of the molecule is NCCN.O=C(Nc1cccc(Nc2ccc3c(c2)CN=C3/C=C/c2ccccc2)c1)c1ccccc1. The van der Waals surface area contributed by atoms with Gasteiger partial charge in [0.05, 0.1) is 12.3 Å². The van der Waals surface area contributed by atoms with E-state index in [0.717, 1.165) is 33.9 Å². The second-order valence-electron chi connectivity index (χ2n) is 8.42. The van der Waals surface area contributed by atoms with Gasteiger partial charge in [-0.25, -0.2) is 0 Å². The van der Waals surface area contributed by atoms with Crippen LogP contribution in [-0.4, -0.2) is 24.7 Å². The second kappa shape index (κ2) is 13.0. The Morgan fingerprint density at radius 3 is 2.16 bits per heavy atom. The van der Waals surface area contributed by atoms with E-state index in [1.807, 2.05) is 60.7 Å². The number of anilines is 3. The number of carbonyl (C=O) groups excluding carboxylic acids is 1. The fourth-order valence-electron chi connectivity index (χ4n) is 3.82. The van der Waals surface area contributed by atoms with Gasteiger partial charge < -0.3 is 22.1 Å². The molecule has 186 valence electrons. The molecule has 37 heavy (non-hydrogen) atoms. The number of hydrogen-bond acceptors (Lipinski definition) is 5. The molecule has 1 heterocycles. The molecule has 0 unspecified atom stereocenters. The third-order valence-electron chi connectivity index (χ3n) is 5.65. The molecule has 0 spiro atoms. The van der Waals surface area contributed by atoms with E-state index in [9.17, 15) is 4.79 Å². The summed E-state index contributed by atoms with van der Waals surface area (Å²) in [7, 11) is 0. The number of nitrogens with two attached hydrogens (primary N) is 2. The second-order valence-corrected chi connectivity index (χ2v) is 8.42. The molecular formula is C31H31N5O. The van der Waals surface area contributed by atoms with Crippen molar-refractivity contribution in [2.45, 2.75) is 6.54 Å². The molecule has 1 aliphatic heterocycles. The number of amides is 1. The summed E-state index contributed by atoms with van der Waals surface area (Å²) in [5.41, 5.74) is 17.6. The molecule has 0 radical (unpaired) electrons. The smallest absolute Gasteiger partial charge is 0.255 e. The topological polar surface area (TPSA) is 106 Å². The van der Waals surface area contributed by atoms with E-state index in [2.05, 4.69) is 53.1 Å². The zero-order chi connectivity index (χ0) is 25.9. The number of carbonyl (C=O) groups is 1. The van der Waals surface area contributed by atoms with E-state index in [1.165, 1.54) is 5.56 Å². The van der Waals surface area contributed by atoms with Gasteiger partial charge in [-0.15, -0.1) is 0 Å². The van der Waals surface area contributed by atoms with Gasteiger partial charge in [0.25, 0.3) is 5.91 Å². The Balaban J connectivity index is 0.000000747.